The van der Waals surface area contributed by atoms with Crippen LogP contribution in [-0.2, 0) is 9.53 Å². The Bertz CT molecular complexity index is 380. The molecule has 5 heteroatoms. The van der Waals surface area contributed by atoms with Crippen LogP contribution >= 0.6 is 0 Å². The molecule has 18 heavy (non-hydrogen) atoms. The number of ether oxygens (including phenoxy) is 1. The molecule has 0 aliphatic carbocycles. The molecule has 1 heterocycles. The first-order chi connectivity index (χ1) is 8.11. The highest BCUT2D eigenvalue weighted by molar-refractivity contribution is 5.88. The number of rotatable bonds is 1. The van der Waals surface area contributed by atoms with Gasteiger partial charge in [-0.1, -0.05) is 13.8 Å². The molecule has 0 bridgehead atoms. The molecule has 1 atom stereocenters. The van der Waals surface area contributed by atoms with Gasteiger partial charge in [-0.2, -0.15) is 0 Å². The molecule has 102 valence electrons. The zero-order valence-corrected chi connectivity index (χ0v) is 11.9. The van der Waals surface area contributed by atoms with Crippen molar-refractivity contribution in [1.82, 2.24) is 10.2 Å². The van der Waals surface area contributed by atoms with Crippen LogP contribution in [0.15, 0.2) is 11.9 Å². The highest BCUT2D eigenvalue weighted by Gasteiger charge is 2.33. The first-order valence-corrected chi connectivity index (χ1v) is 6.15. The molecule has 1 N–H and O–H groups in total. The number of hydrogen-bond acceptors (Lipinski definition) is 3. The van der Waals surface area contributed by atoms with E-state index in [1.165, 1.54) is 4.90 Å². The summed E-state index contributed by atoms with van der Waals surface area (Å²) in [5, 5.41) is 2.79. The third-order valence-electron chi connectivity index (χ3n) is 2.57. The van der Waals surface area contributed by atoms with Crippen LogP contribution in [0.2, 0.25) is 0 Å². The molecule has 0 unspecified atom stereocenters. The number of carbonyl (C=O) groups is 2. The van der Waals surface area contributed by atoms with Crippen LogP contribution in [0.3, 0.4) is 0 Å². The van der Waals surface area contributed by atoms with Crippen LogP contribution in [0.1, 0.15) is 41.5 Å². The topological polar surface area (TPSA) is 58.6 Å². The maximum Gasteiger partial charge on any atom is 0.415 e. The lowest BCUT2D eigenvalue weighted by Gasteiger charge is -2.33. The summed E-state index contributed by atoms with van der Waals surface area (Å²) < 4.78 is 5.29. The Balaban J connectivity index is 2.94. The zero-order chi connectivity index (χ0) is 14.1. The highest BCUT2D eigenvalue weighted by atomic mass is 16.6. The average molecular weight is 254 g/mol. The minimum atomic E-state index is -0.573. The number of amides is 2. The lowest BCUT2D eigenvalue weighted by molar-refractivity contribution is -0.125. The van der Waals surface area contributed by atoms with Crippen LogP contribution in [-0.4, -0.2) is 28.5 Å². The number of nitrogens with zero attached hydrogens (tertiary/aromatic N) is 1. The van der Waals surface area contributed by atoms with Crippen LogP contribution in [0, 0.1) is 5.92 Å². The predicted octanol–water partition coefficient (Wildman–Crippen LogP) is 2.24. The van der Waals surface area contributed by atoms with Crippen LogP contribution < -0.4 is 5.32 Å². The molecule has 1 rings (SSSR count). The fraction of sp³-hybridized carbons (Fsp3) is 0.692. The summed E-state index contributed by atoms with van der Waals surface area (Å²) in [6, 6.07) is -0.553. The lowest BCUT2D eigenvalue weighted by atomic mass is 10.1. The Hall–Kier alpha value is -1.52. The number of allylic oxidation sites excluding steroid dienone is 1. The largest absolute Gasteiger partial charge is 0.443 e. The smallest absolute Gasteiger partial charge is 0.415 e. The molecular weight excluding hydrogens is 232 g/mol. The van der Waals surface area contributed by atoms with E-state index in [2.05, 4.69) is 5.32 Å². The lowest BCUT2D eigenvalue weighted by Crippen LogP contribution is -2.51. The molecule has 0 aromatic carbocycles. The Morgan fingerprint density at radius 1 is 1.44 bits per heavy atom. The fourth-order valence-corrected chi connectivity index (χ4v) is 1.49. The summed E-state index contributed by atoms with van der Waals surface area (Å²) in [4.78, 5) is 25.2. The summed E-state index contributed by atoms with van der Waals surface area (Å²) in [5.74, 6) is -0.0431. The number of hydrogen-bond donors (Lipinski definition) is 1. The van der Waals surface area contributed by atoms with Gasteiger partial charge in [-0.3, -0.25) is 9.69 Å². The zero-order valence-electron chi connectivity index (χ0n) is 11.9. The second-order valence-electron chi connectivity index (χ2n) is 5.79. The molecule has 2 amide bonds. The Morgan fingerprint density at radius 3 is 2.44 bits per heavy atom. The minimum Gasteiger partial charge on any atom is -0.443 e. The molecule has 0 saturated heterocycles. The van der Waals surface area contributed by atoms with Crippen molar-refractivity contribution in [1.29, 1.82) is 0 Å². The van der Waals surface area contributed by atoms with Crippen molar-refractivity contribution in [3.05, 3.63) is 11.9 Å². The molecule has 5 nitrogen and oxygen atoms in total. The van der Waals surface area contributed by atoms with E-state index < -0.39 is 17.7 Å². The second-order valence-corrected chi connectivity index (χ2v) is 5.79. The molecular formula is C13H22N2O3. The van der Waals surface area contributed by atoms with E-state index in [-0.39, 0.29) is 11.8 Å². The average Bonchev–Trinajstić information content (AvgIpc) is 2.18. The normalized spacial score (nSPS) is 20.6. The van der Waals surface area contributed by atoms with Crippen molar-refractivity contribution in [3.8, 4) is 0 Å². The summed E-state index contributed by atoms with van der Waals surface area (Å²) in [6.07, 6.45) is 1.16. The molecule has 1 aliphatic heterocycles. The summed E-state index contributed by atoms with van der Waals surface area (Å²) in [5.41, 5.74) is 0.153. The van der Waals surface area contributed by atoms with Gasteiger partial charge in [0, 0.05) is 11.9 Å². The van der Waals surface area contributed by atoms with Gasteiger partial charge in [-0.25, -0.2) is 4.79 Å². The summed E-state index contributed by atoms with van der Waals surface area (Å²) in [6.45, 7) is 11.0. The van der Waals surface area contributed by atoms with Crippen molar-refractivity contribution >= 4 is 12.0 Å². The van der Waals surface area contributed by atoms with E-state index >= 15 is 0 Å². The molecule has 0 radical (unpaired) electrons. The molecule has 0 aromatic heterocycles. The van der Waals surface area contributed by atoms with Crippen molar-refractivity contribution in [2.75, 3.05) is 0 Å². The van der Waals surface area contributed by atoms with Gasteiger partial charge in [-0.05, 0) is 33.6 Å². The maximum absolute atomic E-state index is 12.0. The van der Waals surface area contributed by atoms with E-state index in [9.17, 15) is 9.59 Å². The number of carbonyl (C=O) groups excluding carboxylic acids is 2. The van der Waals surface area contributed by atoms with Crippen molar-refractivity contribution in [2.24, 2.45) is 5.92 Å². The van der Waals surface area contributed by atoms with Crippen LogP contribution in [0.5, 0.6) is 0 Å². The van der Waals surface area contributed by atoms with Gasteiger partial charge in [-0.15, -0.1) is 0 Å². The molecule has 1 aliphatic rings. The Kier molecular flexibility index (Phi) is 4.04. The van der Waals surface area contributed by atoms with Gasteiger partial charge < -0.3 is 10.1 Å². The quantitative estimate of drug-likeness (QED) is 0.780. The highest BCUT2D eigenvalue weighted by Crippen LogP contribution is 2.19. The van der Waals surface area contributed by atoms with Gasteiger partial charge in [0.2, 0.25) is 5.91 Å². The first kappa shape index (κ1) is 14.5. The molecule has 0 fully saturated rings. The van der Waals surface area contributed by atoms with Gasteiger partial charge in [0.05, 0.1) is 0 Å². The fourth-order valence-electron chi connectivity index (χ4n) is 1.49. The summed E-state index contributed by atoms with van der Waals surface area (Å²) >= 11 is 0. The SMILES string of the molecule is CC(C)C1=CN(C(=O)OC(C)(C)C)[C@@H](C)C(=O)N1. The van der Waals surface area contributed by atoms with Crippen LogP contribution in [0.4, 0.5) is 4.79 Å². The summed E-state index contributed by atoms with van der Waals surface area (Å²) in [7, 11) is 0. The van der Waals surface area contributed by atoms with Crippen molar-refractivity contribution in [2.45, 2.75) is 53.2 Å². The standard InChI is InChI=1S/C13H22N2O3/c1-8(2)10-7-15(9(3)11(16)14-10)12(17)18-13(4,5)6/h7-9H,1-6H3,(H,14,16)/t9-/m0/s1. The minimum absolute atomic E-state index is 0.145. The third-order valence-corrected chi connectivity index (χ3v) is 2.57. The van der Waals surface area contributed by atoms with Gasteiger partial charge in [0.1, 0.15) is 11.6 Å². The van der Waals surface area contributed by atoms with Gasteiger partial charge in [0.15, 0.2) is 0 Å². The van der Waals surface area contributed by atoms with Crippen molar-refractivity contribution in [3.63, 3.8) is 0 Å². The van der Waals surface area contributed by atoms with E-state index in [0.717, 1.165) is 5.70 Å². The van der Waals surface area contributed by atoms with Gasteiger partial charge >= 0.3 is 6.09 Å². The number of nitrogens with one attached hydrogen (secondary N) is 1. The van der Waals surface area contributed by atoms with Crippen molar-refractivity contribution < 1.29 is 14.3 Å². The monoisotopic (exact) mass is 254 g/mol. The van der Waals surface area contributed by atoms with Gasteiger partial charge in [0.25, 0.3) is 0 Å². The Morgan fingerprint density at radius 2 is 2.00 bits per heavy atom. The molecule has 0 aromatic rings. The van der Waals surface area contributed by atoms with E-state index in [0.29, 0.717) is 0 Å². The maximum atomic E-state index is 12.0. The molecule has 0 saturated carbocycles. The van der Waals surface area contributed by atoms with E-state index in [1.54, 1.807) is 33.9 Å². The Labute approximate surface area is 108 Å². The third kappa shape index (κ3) is 3.48. The second kappa shape index (κ2) is 5.00. The predicted molar refractivity (Wildman–Crippen MR) is 68.6 cm³/mol. The molecule has 0 spiro atoms. The first-order valence-electron chi connectivity index (χ1n) is 6.15. The van der Waals surface area contributed by atoms with Crippen LogP contribution in [0.25, 0.3) is 0 Å². The van der Waals surface area contributed by atoms with E-state index in [4.69, 9.17) is 4.74 Å². The van der Waals surface area contributed by atoms with E-state index in [1.807, 2.05) is 13.8 Å².